The minimum Gasteiger partial charge on any atom is -0.482 e. The topological polar surface area (TPSA) is 96.0 Å². The van der Waals surface area contributed by atoms with Crippen LogP contribution in [-0.4, -0.2) is 45.3 Å². The molecule has 5 rings (SSSR count). The number of benzene rings is 3. The molecule has 1 aromatic heterocycles. The molecule has 0 unspecified atom stereocenters. The quantitative estimate of drug-likeness (QED) is 0.383. The molecule has 7 heteroatoms. The lowest BCUT2D eigenvalue weighted by Crippen LogP contribution is -2.24. The number of oxazole rings is 1. The van der Waals surface area contributed by atoms with Crippen molar-refractivity contribution in [2.75, 3.05) is 13.2 Å². The van der Waals surface area contributed by atoms with Crippen molar-refractivity contribution in [2.24, 2.45) is 0 Å². The number of hydrogen-bond donors (Lipinski definition) is 2. The largest absolute Gasteiger partial charge is 0.482 e. The highest BCUT2D eigenvalue weighted by atomic mass is 16.5. The highest BCUT2D eigenvalue weighted by Crippen LogP contribution is 2.39. The molecule has 0 radical (unpaired) electrons. The fourth-order valence-corrected chi connectivity index (χ4v) is 4.48. The summed E-state index contributed by atoms with van der Waals surface area (Å²) in [6.45, 7) is 0.625. The van der Waals surface area contributed by atoms with Gasteiger partial charge in [0, 0.05) is 24.2 Å². The average molecular weight is 471 g/mol. The van der Waals surface area contributed by atoms with Crippen LogP contribution in [0.15, 0.2) is 89.3 Å². The number of aromatic nitrogens is 1. The van der Waals surface area contributed by atoms with Crippen LogP contribution in [-0.2, 0) is 11.3 Å². The smallest absolute Gasteiger partial charge is 0.341 e. The predicted molar refractivity (Wildman–Crippen MR) is 131 cm³/mol. The molecule has 0 bridgehead atoms. The van der Waals surface area contributed by atoms with E-state index in [4.69, 9.17) is 19.2 Å². The Bertz CT molecular complexity index is 1230. The molecule has 1 fully saturated rings. The number of β-amino-alcohol motifs (C(OH)–C–C–N with tert-alkyl or cyclic N) is 1. The van der Waals surface area contributed by atoms with Gasteiger partial charge in [-0.3, -0.25) is 4.90 Å². The fourth-order valence-electron chi connectivity index (χ4n) is 4.48. The van der Waals surface area contributed by atoms with Gasteiger partial charge >= 0.3 is 5.97 Å². The van der Waals surface area contributed by atoms with Gasteiger partial charge in [-0.05, 0) is 24.1 Å². The van der Waals surface area contributed by atoms with Crippen LogP contribution in [0.25, 0.3) is 22.6 Å². The zero-order valence-corrected chi connectivity index (χ0v) is 19.1. The molecular weight excluding hydrogens is 444 g/mol. The number of carboxylic acid groups (broad SMARTS) is 1. The number of likely N-dealkylation sites (tertiary alicyclic amines) is 1. The Kier molecular flexibility index (Phi) is 6.61. The van der Waals surface area contributed by atoms with Gasteiger partial charge in [0.2, 0.25) is 5.89 Å². The maximum Gasteiger partial charge on any atom is 0.341 e. The van der Waals surface area contributed by atoms with Gasteiger partial charge in [0.05, 0.1) is 12.1 Å². The summed E-state index contributed by atoms with van der Waals surface area (Å²) in [6, 6.07) is 27.0. The SMILES string of the molecule is O=C(O)COc1cccc(CN2C[C@H](O)C[C@H]2c2nc(-c3ccccc3)c(-c3ccccc3)o2)c1. The van der Waals surface area contributed by atoms with Crippen LogP contribution < -0.4 is 4.74 Å². The van der Waals surface area contributed by atoms with Crippen LogP contribution in [0.3, 0.4) is 0 Å². The van der Waals surface area contributed by atoms with Crippen LogP contribution in [0, 0.1) is 0 Å². The van der Waals surface area contributed by atoms with Gasteiger partial charge in [0.1, 0.15) is 11.4 Å². The minimum atomic E-state index is -1.02. The first kappa shape index (κ1) is 22.8. The highest BCUT2D eigenvalue weighted by molar-refractivity contribution is 5.76. The number of rotatable bonds is 8. The lowest BCUT2D eigenvalue weighted by Gasteiger charge is -2.22. The summed E-state index contributed by atoms with van der Waals surface area (Å²) in [4.78, 5) is 17.9. The number of ether oxygens (including phenoxy) is 1. The normalized spacial score (nSPS) is 18.0. The Morgan fingerprint density at radius 3 is 2.43 bits per heavy atom. The lowest BCUT2D eigenvalue weighted by atomic mass is 10.1. The van der Waals surface area contributed by atoms with Gasteiger partial charge in [-0.15, -0.1) is 0 Å². The van der Waals surface area contributed by atoms with E-state index in [1.165, 1.54) is 0 Å². The van der Waals surface area contributed by atoms with E-state index in [0.717, 1.165) is 22.4 Å². The van der Waals surface area contributed by atoms with Crippen molar-refractivity contribution in [2.45, 2.75) is 25.1 Å². The number of aliphatic hydroxyl groups is 1. The van der Waals surface area contributed by atoms with Crippen molar-refractivity contribution < 1.29 is 24.2 Å². The molecule has 1 aliphatic heterocycles. The summed E-state index contributed by atoms with van der Waals surface area (Å²) < 4.78 is 11.7. The van der Waals surface area contributed by atoms with Gasteiger partial charge in [-0.25, -0.2) is 9.78 Å². The standard InChI is InChI=1S/C28H26N2O5/c31-22-15-24(30(17-22)16-19-8-7-13-23(14-19)34-18-25(32)33)28-29-26(20-9-3-1-4-10-20)27(35-28)21-11-5-2-6-12-21/h1-14,22,24,31H,15-18H2,(H,32,33)/t22-,24+/m1/s1. The second-order valence-electron chi connectivity index (χ2n) is 8.63. The Morgan fingerprint density at radius 2 is 1.71 bits per heavy atom. The van der Waals surface area contributed by atoms with Crippen molar-refractivity contribution in [1.82, 2.24) is 9.88 Å². The molecule has 2 atom stereocenters. The number of carboxylic acids is 1. The summed E-state index contributed by atoms with van der Waals surface area (Å²) in [5.74, 6) is 0.746. The third kappa shape index (κ3) is 5.26. The summed E-state index contributed by atoms with van der Waals surface area (Å²) in [5.41, 5.74) is 3.63. The number of hydrogen-bond acceptors (Lipinski definition) is 6. The third-order valence-corrected chi connectivity index (χ3v) is 6.04. The summed E-state index contributed by atoms with van der Waals surface area (Å²) in [6.07, 6.45) is 0.0109. The number of aliphatic carboxylic acids is 1. The molecule has 3 aromatic carbocycles. The Labute approximate surface area is 203 Å². The van der Waals surface area contributed by atoms with Crippen molar-refractivity contribution in [3.05, 3.63) is 96.4 Å². The Morgan fingerprint density at radius 1 is 1.00 bits per heavy atom. The molecule has 0 spiro atoms. The zero-order chi connectivity index (χ0) is 24.2. The number of nitrogens with zero attached hydrogens (tertiary/aromatic N) is 2. The highest BCUT2D eigenvalue weighted by Gasteiger charge is 2.36. The van der Waals surface area contributed by atoms with Gasteiger partial charge in [0.25, 0.3) is 0 Å². The van der Waals surface area contributed by atoms with Gasteiger partial charge < -0.3 is 19.4 Å². The van der Waals surface area contributed by atoms with E-state index >= 15 is 0 Å². The number of carbonyl (C=O) groups is 1. The van der Waals surface area contributed by atoms with Gasteiger partial charge in [-0.1, -0.05) is 72.8 Å². The van der Waals surface area contributed by atoms with Crippen molar-refractivity contribution >= 4 is 5.97 Å². The summed E-state index contributed by atoms with van der Waals surface area (Å²) in [7, 11) is 0. The molecule has 0 saturated carbocycles. The lowest BCUT2D eigenvalue weighted by molar-refractivity contribution is -0.139. The minimum absolute atomic E-state index is 0.200. The monoisotopic (exact) mass is 470 g/mol. The van der Waals surface area contributed by atoms with Crippen molar-refractivity contribution in [3.63, 3.8) is 0 Å². The van der Waals surface area contributed by atoms with E-state index in [9.17, 15) is 9.90 Å². The van der Waals surface area contributed by atoms with Gasteiger partial charge in [-0.2, -0.15) is 0 Å². The molecule has 0 aliphatic carbocycles. The predicted octanol–water partition coefficient (Wildman–Crippen LogP) is 4.78. The van der Waals surface area contributed by atoms with E-state index in [0.29, 0.717) is 36.9 Å². The third-order valence-electron chi connectivity index (χ3n) is 6.04. The Hall–Kier alpha value is -3.94. The van der Waals surface area contributed by atoms with E-state index in [-0.39, 0.29) is 6.04 Å². The first-order valence-corrected chi connectivity index (χ1v) is 11.5. The zero-order valence-electron chi connectivity index (χ0n) is 19.1. The second-order valence-corrected chi connectivity index (χ2v) is 8.63. The van der Waals surface area contributed by atoms with E-state index in [2.05, 4.69) is 4.90 Å². The van der Waals surface area contributed by atoms with Crippen molar-refractivity contribution in [1.29, 1.82) is 0 Å². The maximum atomic E-state index is 10.8. The van der Waals surface area contributed by atoms with E-state index in [1.54, 1.807) is 6.07 Å². The molecule has 1 aliphatic rings. The van der Waals surface area contributed by atoms with Gasteiger partial charge in [0.15, 0.2) is 12.4 Å². The van der Waals surface area contributed by atoms with E-state index in [1.807, 2.05) is 78.9 Å². The molecular formula is C28H26N2O5. The molecule has 7 nitrogen and oxygen atoms in total. The maximum absolute atomic E-state index is 10.8. The molecule has 178 valence electrons. The van der Waals surface area contributed by atoms with Crippen LogP contribution in [0.4, 0.5) is 0 Å². The van der Waals surface area contributed by atoms with Crippen LogP contribution in [0.5, 0.6) is 5.75 Å². The average Bonchev–Trinajstić information content (AvgIpc) is 3.48. The van der Waals surface area contributed by atoms with Crippen LogP contribution in [0.2, 0.25) is 0 Å². The first-order chi connectivity index (χ1) is 17.1. The van der Waals surface area contributed by atoms with Crippen LogP contribution in [0.1, 0.15) is 23.9 Å². The fraction of sp³-hybridized carbons (Fsp3) is 0.214. The van der Waals surface area contributed by atoms with E-state index < -0.39 is 18.7 Å². The molecule has 2 heterocycles. The number of aliphatic hydroxyl groups excluding tert-OH is 1. The molecule has 1 saturated heterocycles. The molecule has 2 N–H and O–H groups in total. The van der Waals surface area contributed by atoms with Crippen LogP contribution >= 0.6 is 0 Å². The molecule has 35 heavy (non-hydrogen) atoms. The molecule has 0 amide bonds. The summed E-state index contributed by atoms with van der Waals surface area (Å²) in [5, 5.41) is 19.4. The second kappa shape index (κ2) is 10.1. The first-order valence-electron chi connectivity index (χ1n) is 11.5. The van der Waals surface area contributed by atoms with Crippen molar-refractivity contribution in [3.8, 4) is 28.3 Å². The Balaban J connectivity index is 1.45. The summed E-state index contributed by atoms with van der Waals surface area (Å²) >= 11 is 0. The molecule has 4 aromatic rings.